The maximum Gasteiger partial charge on any atom is 0.348 e. The molecule has 0 radical (unpaired) electrons. The number of ether oxygens (including phenoxy) is 3. The maximum absolute atomic E-state index is 12.5. The highest BCUT2D eigenvalue weighted by molar-refractivity contribution is 7.20. The van der Waals surface area contributed by atoms with Crippen LogP contribution in [0.3, 0.4) is 0 Å². The Morgan fingerprint density at radius 2 is 1.90 bits per heavy atom. The molecule has 2 heterocycles. The van der Waals surface area contributed by atoms with Gasteiger partial charge in [-0.15, -0.1) is 11.3 Å². The Balaban J connectivity index is 1.83. The van der Waals surface area contributed by atoms with Crippen molar-refractivity contribution in [2.24, 2.45) is 0 Å². The summed E-state index contributed by atoms with van der Waals surface area (Å²) in [6.07, 6.45) is 1.36. The van der Waals surface area contributed by atoms with E-state index >= 15 is 0 Å². The number of carbonyl (C=O) groups excluding carboxylic acids is 2. The molecule has 2 N–H and O–H groups in total. The van der Waals surface area contributed by atoms with Gasteiger partial charge in [0.1, 0.15) is 16.0 Å². The van der Waals surface area contributed by atoms with E-state index in [1.165, 1.54) is 31.9 Å². The summed E-state index contributed by atoms with van der Waals surface area (Å²) in [6.45, 7) is 3.82. The molecule has 0 aliphatic carbocycles. The third-order valence-corrected chi connectivity index (χ3v) is 5.31. The minimum Gasteiger partial charge on any atom is -0.493 e. The predicted octanol–water partition coefficient (Wildman–Crippen LogP) is 2.95. The van der Waals surface area contributed by atoms with Gasteiger partial charge < -0.3 is 14.2 Å². The Bertz CT molecular complexity index is 1070. The highest BCUT2D eigenvalue weighted by atomic mass is 32.1. The van der Waals surface area contributed by atoms with Gasteiger partial charge in [0.05, 0.1) is 26.2 Å². The Kier molecular flexibility index (Phi) is 6.13. The highest BCUT2D eigenvalue weighted by Crippen LogP contribution is 2.33. The number of aromatic nitrogens is 2. The Morgan fingerprint density at radius 3 is 2.59 bits per heavy atom. The fourth-order valence-corrected chi connectivity index (χ4v) is 3.77. The first-order chi connectivity index (χ1) is 14.0. The molecule has 0 saturated carbocycles. The van der Waals surface area contributed by atoms with Gasteiger partial charge >= 0.3 is 5.97 Å². The van der Waals surface area contributed by atoms with Crippen LogP contribution < -0.4 is 20.3 Å². The van der Waals surface area contributed by atoms with Gasteiger partial charge in [-0.25, -0.2) is 14.8 Å². The maximum atomic E-state index is 12.5. The first-order valence-electron chi connectivity index (χ1n) is 8.69. The summed E-state index contributed by atoms with van der Waals surface area (Å²) in [5.74, 6) is 0.546. The highest BCUT2D eigenvalue weighted by Gasteiger charge is 2.20. The number of rotatable bonds is 7. The van der Waals surface area contributed by atoms with Crippen molar-refractivity contribution in [3.63, 3.8) is 0 Å². The molecule has 0 fully saturated rings. The number of esters is 1. The summed E-state index contributed by atoms with van der Waals surface area (Å²) < 4.78 is 15.5. The number of nitrogens with zero attached hydrogens (tertiary/aromatic N) is 2. The van der Waals surface area contributed by atoms with Gasteiger partial charge in [0, 0.05) is 5.56 Å². The number of nitrogens with one attached hydrogen (secondary N) is 2. The molecule has 0 bridgehead atoms. The lowest BCUT2D eigenvalue weighted by Gasteiger charge is -2.11. The number of hydrogen-bond acceptors (Lipinski definition) is 9. The molecular formula is C19H20N4O5S. The van der Waals surface area contributed by atoms with Gasteiger partial charge in [-0.1, -0.05) is 0 Å². The summed E-state index contributed by atoms with van der Waals surface area (Å²) in [4.78, 5) is 34.1. The molecule has 9 nitrogen and oxygen atoms in total. The van der Waals surface area contributed by atoms with Crippen LogP contribution in [0.25, 0.3) is 10.2 Å². The second-order valence-corrected chi connectivity index (χ2v) is 6.83. The molecule has 10 heteroatoms. The third kappa shape index (κ3) is 4.06. The number of amides is 1. The standard InChI is InChI=1S/C19H20N4O5S/c1-5-28-19(25)15-10(2)14-16(20-9-21-18(14)29-15)22-23-17(24)11-6-7-12(26-3)13(8-11)27-4/h6-9H,5H2,1-4H3,(H,23,24)(H,20,21,22). The van der Waals surface area contributed by atoms with Gasteiger partial charge in [-0.05, 0) is 37.6 Å². The summed E-state index contributed by atoms with van der Waals surface area (Å²) in [7, 11) is 3.02. The van der Waals surface area contributed by atoms with E-state index in [2.05, 4.69) is 20.8 Å². The average molecular weight is 416 g/mol. The van der Waals surface area contributed by atoms with Crippen molar-refractivity contribution in [1.29, 1.82) is 0 Å². The fraction of sp³-hybridized carbons (Fsp3) is 0.263. The SMILES string of the molecule is CCOC(=O)c1sc2ncnc(NNC(=O)c3ccc(OC)c(OC)c3)c2c1C. The number of aryl methyl sites for hydroxylation is 1. The molecule has 2 aromatic heterocycles. The average Bonchev–Trinajstić information content (AvgIpc) is 3.09. The minimum atomic E-state index is -0.409. The minimum absolute atomic E-state index is 0.282. The number of benzene rings is 1. The van der Waals surface area contributed by atoms with Crippen LogP contribution in [-0.2, 0) is 4.74 Å². The lowest BCUT2D eigenvalue weighted by atomic mass is 10.2. The van der Waals surface area contributed by atoms with E-state index in [1.807, 2.05) is 0 Å². The summed E-state index contributed by atoms with van der Waals surface area (Å²) in [5, 5.41) is 0.646. The van der Waals surface area contributed by atoms with E-state index in [4.69, 9.17) is 14.2 Å². The normalized spacial score (nSPS) is 10.5. The van der Waals surface area contributed by atoms with Gasteiger partial charge in [0.2, 0.25) is 0 Å². The van der Waals surface area contributed by atoms with E-state index in [9.17, 15) is 9.59 Å². The van der Waals surface area contributed by atoms with E-state index in [0.717, 1.165) is 0 Å². The van der Waals surface area contributed by atoms with Crippen molar-refractivity contribution in [2.75, 3.05) is 26.3 Å². The third-order valence-electron chi connectivity index (χ3n) is 4.13. The molecule has 29 heavy (non-hydrogen) atoms. The number of fused-ring (bicyclic) bond motifs is 1. The van der Waals surface area contributed by atoms with Gasteiger partial charge in [0.15, 0.2) is 17.3 Å². The second-order valence-electron chi connectivity index (χ2n) is 5.83. The van der Waals surface area contributed by atoms with Crippen molar-refractivity contribution >= 4 is 39.2 Å². The van der Waals surface area contributed by atoms with Crippen LogP contribution in [0.5, 0.6) is 11.5 Å². The predicted molar refractivity (Wildman–Crippen MR) is 109 cm³/mol. The molecule has 3 aromatic rings. The molecule has 1 amide bonds. The zero-order chi connectivity index (χ0) is 21.0. The Labute approximate surface area is 171 Å². The second kappa shape index (κ2) is 8.74. The van der Waals surface area contributed by atoms with E-state index in [1.54, 1.807) is 32.0 Å². The zero-order valence-corrected chi connectivity index (χ0v) is 17.2. The van der Waals surface area contributed by atoms with Crippen LogP contribution in [0.15, 0.2) is 24.5 Å². The first-order valence-corrected chi connectivity index (χ1v) is 9.51. The summed E-state index contributed by atoms with van der Waals surface area (Å²) >= 11 is 1.22. The summed E-state index contributed by atoms with van der Waals surface area (Å²) in [6, 6.07) is 4.83. The van der Waals surface area contributed by atoms with Crippen LogP contribution in [-0.4, -0.2) is 42.7 Å². The van der Waals surface area contributed by atoms with Crippen molar-refractivity contribution in [3.05, 3.63) is 40.5 Å². The number of hydrazine groups is 1. The Morgan fingerprint density at radius 1 is 1.14 bits per heavy atom. The van der Waals surface area contributed by atoms with Gasteiger partial charge in [-0.2, -0.15) is 0 Å². The Hall–Kier alpha value is -3.40. The van der Waals surface area contributed by atoms with Crippen LogP contribution in [0.2, 0.25) is 0 Å². The first kappa shape index (κ1) is 20.3. The van der Waals surface area contributed by atoms with E-state index in [-0.39, 0.29) is 6.61 Å². The number of carbonyl (C=O) groups is 2. The van der Waals surface area contributed by atoms with Crippen molar-refractivity contribution in [2.45, 2.75) is 13.8 Å². The van der Waals surface area contributed by atoms with Crippen LogP contribution in [0, 0.1) is 6.92 Å². The smallest absolute Gasteiger partial charge is 0.348 e. The molecule has 0 saturated heterocycles. The molecule has 0 aliphatic rings. The molecule has 1 aromatic carbocycles. The topological polar surface area (TPSA) is 112 Å². The number of thiophene rings is 1. The number of methoxy groups -OCH3 is 2. The van der Waals surface area contributed by atoms with E-state index in [0.29, 0.717) is 43.5 Å². The fourth-order valence-electron chi connectivity index (χ4n) is 2.72. The lowest BCUT2D eigenvalue weighted by Crippen LogP contribution is -2.30. The van der Waals surface area contributed by atoms with Crippen molar-refractivity contribution in [3.8, 4) is 11.5 Å². The molecule has 0 atom stereocenters. The number of hydrogen-bond donors (Lipinski definition) is 2. The summed E-state index contributed by atoms with van der Waals surface area (Å²) in [5.41, 5.74) is 6.47. The van der Waals surface area contributed by atoms with Crippen molar-refractivity contribution in [1.82, 2.24) is 15.4 Å². The molecule has 0 aliphatic heterocycles. The molecular weight excluding hydrogens is 396 g/mol. The lowest BCUT2D eigenvalue weighted by molar-refractivity contribution is 0.0531. The van der Waals surface area contributed by atoms with Crippen molar-refractivity contribution < 1.29 is 23.8 Å². The van der Waals surface area contributed by atoms with Crippen LogP contribution in [0.4, 0.5) is 5.82 Å². The largest absolute Gasteiger partial charge is 0.493 e. The number of anilines is 1. The van der Waals surface area contributed by atoms with E-state index < -0.39 is 11.9 Å². The molecule has 0 spiro atoms. The zero-order valence-electron chi connectivity index (χ0n) is 16.4. The molecule has 152 valence electrons. The van der Waals surface area contributed by atoms with Gasteiger partial charge in [0.25, 0.3) is 5.91 Å². The molecule has 0 unspecified atom stereocenters. The monoisotopic (exact) mass is 416 g/mol. The quantitative estimate of drug-likeness (QED) is 0.447. The van der Waals surface area contributed by atoms with Gasteiger partial charge in [-0.3, -0.25) is 15.6 Å². The van der Waals surface area contributed by atoms with Crippen LogP contribution in [0.1, 0.15) is 32.5 Å². The molecule has 3 rings (SSSR count). The van der Waals surface area contributed by atoms with Crippen LogP contribution >= 0.6 is 11.3 Å².